The van der Waals surface area contributed by atoms with E-state index in [-0.39, 0.29) is 18.4 Å². The molecule has 1 aliphatic rings. The summed E-state index contributed by atoms with van der Waals surface area (Å²) in [7, 11) is 0. The molecule has 1 aromatic heterocycles. The highest BCUT2D eigenvalue weighted by molar-refractivity contribution is 5.85. The van der Waals surface area contributed by atoms with E-state index in [1.807, 2.05) is 4.68 Å². The lowest BCUT2D eigenvalue weighted by Gasteiger charge is -2.34. The predicted octanol–water partition coefficient (Wildman–Crippen LogP) is 1.92. The van der Waals surface area contributed by atoms with E-state index in [1.165, 1.54) is 12.8 Å². The van der Waals surface area contributed by atoms with Gasteiger partial charge in [-0.15, -0.1) is 12.4 Å². The van der Waals surface area contributed by atoms with Crippen LogP contribution in [0.25, 0.3) is 0 Å². The lowest BCUT2D eigenvalue weighted by molar-refractivity contribution is 0.148. The summed E-state index contributed by atoms with van der Waals surface area (Å²) in [5, 5.41) is 4.33. The number of halogens is 1. The van der Waals surface area contributed by atoms with Crippen molar-refractivity contribution in [1.82, 2.24) is 19.7 Å². The van der Waals surface area contributed by atoms with Gasteiger partial charge in [0, 0.05) is 19.1 Å². The Morgan fingerprint density at radius 1 is 1.40 bits per heavy atom. The number of hydrogen-bond donors (Lipinski definition) is 1. The maximum Gasteiger partial charge on any atom is 0.141 e. The zero-order chi connectivity index (χ0) is 13.8. The first kappa shape index (κ1) is 17.4. The Hall–Kier alpha value is -0.650. The van der Waals surface area contributed by atoms with Crippen molar-refractivity contribution in [2.24, 2.45) is 17.6 Å². The van der Waals surface area contributed by atoms with Crippen LogP contribution in [0.5, 0.6) is 0 Å². The molecule has 2 unspecified atom stereocenters. The maximum absolute atomic E-state index is 6.04. The SMILES string of the molecule is CC(C)Cn1ncnc1CN1CCCC(C(C)N)C1.Cl. The fourth-order valence-electron chi connectivity index (χ4n) is 2.77. The summed E-state index contributed by atoms with van der Waals surface area (Å²) in [4.78, 5) is 6.88. The van der Waals surface area contributed by atoms with Crippen LogP contribution >= 0.6 is 12.4 Å². The number of hydrogen-bond acceptors (Lipinski definition) is 4. The van der Waals surface area contributed by atoms with E-state index in [1.54, 1.807) is 6.33 Å². The molecule has 2 heterocycles. The van der Waals surface area contributed by atoms with Crippen LogP contribution < -0.4 is 5.73 Å². The molecule has 1 fully saturated rings. The van der Waals surface area contributed by atoms with Crippen LogP contribution in [-0.2, 0) is 13.1 Å². The molecule has 0 saturated carbocycles. The van der Waals surface area contributed by atoms with E-state index < -0.39 is 0 Å². The van der Waals surface area contributed by atoms with Crippen molar-refractivity contribution in [3.8, 4) is 0 Å². The molecule has 0 aromatic carbocycles. The molecule has 0 bridgehead atoms. The fraction of sp³-hybridized carbons (Fsp3) is 0.857. The van der Waals surface area contributed by atoms with Crippen molar-refractivity contribution >= 4 is 12.4 Å². The third-order valence-electron chi connectivity index (χ3n) is 3.88. The Kier molecular flexibility index (Phi) is 6.92. The molecule has 0 aliphatic carbocycles. The number of aromatic nitrogens is 3. The van der Waals surface area contributed by atoms with Gasteiger partial charge in [0.15, 0.2) is 0 Å². The zero-order valence-corrected chi connectivity index (χ0v) is 13.6. The van der Waals surface area contributed by atoms with Gasteiger partial charge in [0.05, 0.1) is 6.54 Å². The van der Waals surface area contributed by atoms with Gasteiger partial charge in [-0.05, 0) is 38.1 Å². The van der Waals surface area contributed by atoms with Crippen molar-refractivity contribution in [2.45, 2.75) is 52.7 Å². The number of likely N-dealkylation sites (tertiary alicyclic amines) is 1. The van der Waals surface area contributed by atoms with E-state index in [9.17, 15) is 0 Å². The molecule has 2 N–H and O–H groups in total. The fourth-order valence-corrected chi connectivity index (χ4v) is 2.77. The number of rotatable bonds is 5. The lowest BCUT2D eigenvalue weighted by atomic mass is 9.92. The molecule has 0 spiro atoms. The molecule has 5 nitrogen and oxygen atoms in total. The molecule has 1 aromatic rings. The van der Waals surface area contributed by atoms with Gasteiger partial charge in [0.1, 0.15) is 12.2 Å². The highest BCUT2D eigenvalue weighted by Gasteiger charge is 2.23. The molecule has 1 saturated heterocycles. The molecule has 0 amide bonds. The molecule has 2 rings (SSSR count). The summed E-state index contributed by atoms with van der Waals surface area (Å²) in [5.41, 5.74) is 6.04. The largest absolute Gasteiger partial charge is 0.328 e. The third-order valence-corrected chi connectivity index (χ3v) is 3.88. The maximum atomic E-state index is 6.04. The van der Waals surface area contributed by atoms with E-state index in [0.29, 0.717) is 11.8 Å². The second-order valence-electron chi connectivity index (χ2n) is 6.25. The normalized spacial score (nSPS) is 21.8. The molecule has 20 heavy (non-hydrogen) atoms. The van der Waals surface area contributed by atoms with Crippen LogP contribution in [0.3, 0.4) is 0 Å². The van der Waals surface area contributed by atoms with Crippen LogP contribution in [0.15, 0.2) is 6.33 Å². The summed E-state index contributed by atoms with van der Waals surface area (Å²) < 4.78 is 2.04. The smallest absolute Gasteiger partial charge is 0.141 e. The van der Waals surface area contributed by atoms with Crippen LogP contribution in [0.2, 0.25) is 0 Å². The van der Waals surface area contributed by atoms with Crippen molar-refractivity contribution in [3.05, 3.63) is 12.2 Å². The van der Waals surface area contributed by atoms with Crippen molar-refractivity contribution in [3.63, 3.8) is 0 Å². The average molecular weight is 302 g/mol. The topological polar surface area (TPSA) is 60.0 Å². The summed E-state index contributed by atoms with van der Waals surface area (Å²) in [6.45, 7) is 10.6. The van der Waals surface area contributed by atoms with Gasteiger partial charge >= 0.3 is 0 Å². The Labute approximate surface area is 128 Å². The second kappa shape index (κ2) is 7.96. The predicted molar refractivity (Wildman–Crippen MR) is 83.8 cm³/mol. The Bertz CT molecular complexity index is 391. The number of piperidine rings is 1. The Balaban J connectivity index is 0.00000200. The zero-order valence-electron chi connectivity index (χ0n) is 12.8. The first-order chi connectivity index (χ1) is 9.06. The summed E-state index contributed by atoms with van der Waals surface area (Å²) in [5.74, 6) is 2.30. The van der Waals surface area contributed by atoms with Crippen molar-refractivity contribution in [2.75, 3.05) is 13.1 Å². The van der Waals surface area contributed by atoms with Crippen LogP contribution in [0.1, 0.15) is 39.4 Å². The highest BCUT2D eigenvalue weighted by atomic mass is 35.5. The van der Waals surface area contributed by atoms with E-state index >= 15 is 0 Å². The van der Waals surface area contributed by atoms with E-state index in [4.69, 9.17) is 5.73 Å². The van der Waals surface area contributed by atoms with Gasteiger partial charge < -0.3 is 5.73 Å². The van der Waals surface area contributed by atoms with Crippen LogP contribution in [-0.4, -0.2) is 38.8 Å². The van der Waals surface area contributed by atoms with Gasteiger partial charge in [-0.3, -0.25) is 4.90 Å². The van der Waals surface area contributed by atoms with Gasteiger partial charge in [-0.1, -0.05) is 13.8 Å². The van der Waals surface area contributed by atoms with Gasteiger partial charge in [0.2, 0.25) is 0 Å². The quantitative estimate of drug-likeness (QED) is 0.902. The Morgan fingerprint density at radius 2 is 2.15 bits per heavy atom. The summed E-state index contributed by atoms with van der Waals surface area (Å²) in [6, 6.07) is 0.288. The van der Waals surface area contributed by atoms with Crippen LogP contribution in [0.4, 0.5) is 0 Å². The average Bonchev–Trinajstić information content (AvgIpc) is 2.76. The molecular formula is C14H28ClN5. The van der Waals surface area contributed by atoms with E-state index in [2.05, 4.69) is 35.8 Å². The number of nitrogens with zero attached hydrogens (tertiary/aromatic N) is 4. The third kappa shape index (κ3) is 4.72. The van der Waals surface area contributed by atoms with E-state index in [0.717, 1.165) is 32.0 Å². The molecule has 2 atom stereocenters. The Morgan fingerprint density at radius 3 is 2.80 bits per heavy atom. The van der Waals surface area contributed by atoms with Gasteiger partial charge in [0.25, 0.3) is 0 Å². The molecule has 6 heteroatoms. The van der Waals surface area contributed by atoms with Gasteiger partial charge in [-0.2, -0.15) is 5.10 Å². The first-order valence-electron chi connectivity index (χ1n) is 7.41. The minimum atomic E-state index is 0. The highest BCUT2D eigenvalue weighted by Crippen LogP contribution is 2.20. The summed E-state index contributed by atoms with van der Waals surface area (Å²) in [6.07, 6.45) is 4.17. The number of nitrogens with two attached hydrogens (primary N) is 1. The van der Waals surface area contributed by atoms with Gasteiger partial charge in [-0.25, -0.2) is 9.67 Å². The van der Waals surface area contributed by atoms with Crippen molar-refractivity contribution in [1.29, 1.82) is 0 Å². The molecule has 116 valence electrons. The summed E-state index contributed by atoms with van der Waals surface area (Å²) >= 11 is 0. The molecule has 1 aliphatic heterocycles. The monoisotopic (exact) mass is 301 g/mol. The minimum Gasteiger partial charge on any atom is -0.328 e. The second-order valence-corrected chi connectivity index (χ2v) is 6.25. The lowest BCUT2D eigenvalue weighted by Crippen LogP contribution is -2.42. The van der Waals surface area contributed by atoms with Crippen LogP contribution in [0, 0.1) is 11.8 Å². The van der Waals surface area contributed by atoms with Crippen molar-refractivity contribution < 1.29 is 0 Å². The first-order valence-corrected chi connectivity index (χ1v) is 7.41. The molecular weight excluding hydrogens is 274 g/mol. The molecule has 0 radical (unpaired) electrons. The minimum absolute atomic E-state index is 0. The standard InChI is InChI=1S/C14H27N5.ClH/c1-11(2)7-19-14(16-10-17-19)9-18-6-4-5-13(8-18)12(3)15;/h10-13H,4-9,15H2,1-3H3;1H.